The van der Waals surface area contributed by atoms with E-state index in [4.69, 9.17) is 21.1 Å². The van der Waals surface area contributed by atoms with Gasteiger partial charge in [-0.1, -0.05) is 37.6 Å². The molecule has 1 heterocycles. The molecule has 0 fully saturated rings. The van der Waals surface area contributed by atoms with E-state index < -0.39 is 0 Å². The topological polar surface area (TPSA) is 47.6 Å². The summed E-state index contributed by atoms with van der Waals surface area (Å²) < 4.78 is 11.2. The summed E-state index contributed by atoms with van der Waals surface area (Å²) >= 11 is 6.08. The van der Waals surface area contributed by atoms with Gasteiger partial charge in [0.1, 0.15) is 0 Å². The molecule has 3 rings (SSSR count). The number of carbonyl (C=O) groups excluding carboxylic acids is 1. The van der Waals surface area contributed by atoms with Gasteiger partial charge >= 0.3 is 0 Å². The van der Waals surface area contributed by atoms with Crippen LogP contribution in [0.2, 0.25) is 5.02 Å². The number of carbonyl (C=O) groups is 1. The van der Waals surface area contributed by atoms with Crippen LogP contribution in [0, 0.1) is 0 Å². The van der Waals surface area contributed by atoms with Gasteiger partial charge in [-0.05, 0) is 35.9 Å². The number of benzene rings is 2. The van der Waals surface area contributed by atoms with Gasteiger partial charge in [0.05, 0.1) is 13.2 Å². The average molecular weight is 360 g/mol. The minimum Gasteiger partial charge on any atom is -0.490 e. The highest BCUT2D eigenvalue weighted by Crippen LogP contribution is 2.30. The van der Waals surface area contributed by atoms with Crippen molar-refractivity contribution < 1.29 is 14.3 Å². The summed E-state index contributed by atoms with van der Waals surface area (Å²) in [4.78, 5) is 12.5. The molecule has 1 amide bonds. The number of rotatable bonds is 4. The fraction of sp³-hybridized carbons (Fsp3) is 0.350. The van der Waals surface area contributed by atoms with Gasteiger partial charge in [0.25, 0.3) is 5.91 Å². The van der Waals surface area contributed by atoms with Crippen molar-refractivity contribution in [3.8, 4) is 11.5 Å². The summed E-state index contributed by atoms with van der Waals surface area (Å²) in [5.41, 5.74) is 1.41. The molecule has 0 radical (unpaired) electrons. The second-order valence-corrected chi connectivity index (χ2v) is 7.23. The third kappa shape index (κ3) is 4.26. The summed E-state index contributed by atoms with van der Waals surface area (Å²) in [5.74, 6) is 1.18. The molecule has 1 aliphatic heterocycles. The molecular formula is C20H22ClNO3. The minimum absolute atomic E-state index is 0.134. The Hall–Kier alpha value is -2.20. The Kier molecular flexibility index (Phi) is 5.19. The van der Waals surface area contributed by atoms with Crippen LogP contribution in [-0.2, 0) is 5.41 Å². The zero-order valence-electron chi connectivity index (χ0n) is 14.5. The molecule has 0 saturated carbocycles. The van der Waals surface area contributed by atoms with Crippen LogP contribution < -0.4 is 14.8 Å². The van der Waals surface area contributed by atoms with Gasteiger partial charge in [0, 0.05) is 29.0 Å². The van der Waals surface area contributed by atoms with Crippen molar-refractivity contribution >= 4 is 17.5 Å². The van der Waals surface area contributed by atoms with Crippen molar-refractivity contribution in [3.63, 3.8) is 0 Å². The molecule has 25 heavy (non-hydrogen) atoms. The highest BCUT2D eigenvalue weighted by molar-refractivity contribution is 6.30. The maximum Gasteiger partial charge on any atom is 0.251 e. The Morgan fingerprint density at radius 3 is 2.64 bits per heavy atom. The van der Waals surface area contributed by atoms with Crippen LogP contribution in [0.5, 0.6) is 11.5 Å². The third-order valence-electron chi connectivity index (χ3n) is 4.31. The predicted molar refractivity (Wildman–Crippen MR) is 98.9 cm³/mol. The third-order valence-corrected chi connectivity index (χ3v) is 4.54. The Morgan fingerprint density at radius 1 is 1.12 bits per heavy atom. The maximum atomic E-state index is 12.5. The molecule has 0 unspecified atom stereocenters. The van der Waals surface area contributed by atoms with E-state index >= 15 is 0 Å². The van der Waals surface area contributed by atoms with Crippen LogP contribution in [0.25, 0.3) is 0 Å². The second-order valence-electron chi connectivity index (χ2n) is 6.79. The Bertz CT molecular complexity index is 773. The zero-order valence-corrected chi connectivity index (χ0v) is 15.2. The monoisotopic (exact) mass is 359 g/mol. The van der Waals surface area contributed by atoms with Crippen molar-refractivity contribution in [2.45, 2.75) is 25.7 Å². The molecule has 2 aromatic rings. The average Bonchev–Trinajstić information content (AvgIpc) is 2.84. The van der Waals surface area contributed by atoms with Crippen molar-refractivity contribution in [2.75, 3.05) is 19.8 Å². The van der Waals surface area contributed by atoms with E-state index in [0.29, 0.717) is 41.8 Å². The molecule has 4 nitrogen and oxygen atoms in total. The first-order chi connectivity index (χ1) is 12.0. The van der Waals surface area contributed by atoms with Gasteiger partial charge in [-0.25, -0.2) is 0 Å². The minimum atomic E-state index is -0.230. The first kappa shape index (κ1) is 17.6. The lowest BCUT2D eigenvalue weighted by Crippen LogP contribution is -2.36. The number of amides is 1. The van der Waals surface area contributed by atoms with Gasteiger partial charge < -0.3 is 14.8 Å². The van der Waals surface area contributed by atoms with Crippen molar-refractivity contribution in [1.82, 2.24) is 5.32 Å². The molecule has 0 saturated heterocycles. The van der Waals surface area contributed by atoms with E-state index in [2.05, 4.69) is 19.2 Å². The second kappa shape index (κ2) is 7.36. The summed E-state index contributed by atoms with van der Waals surface area (Å²) in [7, 11) is 0. The fourth-order valence-corrected chi connectivity index (χ4v) is 2.91. The molecule has 132 valence electrons. The van der Waals surface area contributed by atoms with E-state index in [0.717, 1.165) is 12.0 Å². The standard InChI is InChI=1S/C20H22ClNO3/c1-20(2,15-5-3-6-16(21)12-15)13-22-19(23)14-7-8-17-18(11-14)25-10-4-9-24-17/h3,5-8,11-12H,4,9-10,13H2,1-2H3,(H,22,23). The maximum absolute atomic E-state index is 12.5. The first-order valence-corrected chi connectivity index (χ1v) is 8.77. The molecule has 0 aliphatic carbocycles. The predicted octanol–water partition coefficient (Wildman–Crippen LogP) is 4.21. The molecule has 0 atom stereocenters. The van der Waals surface area contributed by atoms with Gasteiger partial charge in [0.15, 0.2) is 11.5 Å². The van der Waals surface area contributed by atoms with Crippen LogP contribution in [0.1, 0.15) is 36.2 Å². The summed E-state index contributed by atoms with van der Waals surface area (Å²) in [6.45, 7) is 5.88. The van der Waals surface area contributed by atoms with Crippen molar-refractivity contribution in [1.29, 1.82) is 0 Å². The highest BCUT2D eigenvalue weighted by atomic mass is 35.5. The summed E-state index contributed by atoms with van der Waals surface area (Å²) in [5, 5.41) is 3.70. The van der Waals surface area contributed by atoms with Gasteiger partial charge in [0.2, 0.25) is 0 Å². The lowest BCUT2D eigenvalue weighted by Gasteiger charge is -2.26. The largest absolute Gasteiger partial charge is 0.490 e. The molecule has 5 heteroatoms. The Labute approximate surface area is 153 Å². The number of nitrogens with one attached hydrogen (secondary N) is 1. The van der Waals surface area contributed by atoms with Crippen LogP contribution in [0.15, 0.2) is 42.5 Å². The number of halogens is 1. The van der Waals surface area contributed by atoms with E-state index in [1.165, 1.54) is 0 Å². The van der Waals surface area contributed by atoms with Crippen LogP contribution >= 0.6 is 11.6 Å². The number of fused-ring (bicyclic) bond motifs is 1. The molecule has 1 aliphatic rings. The molecule has 0 spiro atoms. The smallest absolute Gasteiger partial charge is 0.251 e. The fourth-order valence-electron chi connectivity index (χ4n) is 2.72. The van der Waals surface area contributed by atoms with Crippen LogP contribution in [0.4, 0.5) is 0 Å². The first-order valence-electron chi connectivity index (χ1n) is 8.40. The molecular weight excluding hydrogens is 338 g/mol. The van der Waals surface area contributed by atoms with Gasteiger partial charge in [-0.3, -0.25) is 4.79 Å². The summed E-state index contributed by atoms with van der Waals surface area (Å²) in [6.07, 6.45) is 0.837. The van der Waals surface area contributed by atoms with Gasteiger partial charge in [-0.15, -0.1) is 0 Å². The van der Waals surface area contributed by atoms with E-state index in [-0.39, 0.29) is 11.3 Å². The number of ether oxygens (including phenoxy) is 2. The summed E-state index contributed by atoms with van der Waals surface area (Å²) in [6, 6.07) is 13.0. The molecule has 0 bridgehead atoms. The van der Waals surface area contributed by atoms with Crippen LogP contribution in [0.3, 0.4) is 0 Å². The Morgan fingerprint density at radius 2 is 1.88 bits per heavy atom. The van der Waals surface area contributed by atoms with Gasteiger partial charge in [-0.2, -0.15) is 0 Å². The van der Waals surface area contributed by atoms with E-state index in [1.54, 1.807) is 18.2 Å². The van der Waals surface area contributed by atoms with Crippen molar-refractivity contribution in [2.24, 2.45) is 0 Å². The lowest BCUT2D eigenvalue weighted by atomic mass is 9.84. The molecule has 0 aromatic heterocycles. The Balaban J connectivity index is 1.69. The van der Waals surface area contributed by atoms with Crippen LogP contribution in [-0.4, -0.2) is 25.7 Å². The molecule has 2 aromatic carbocycles. The molecule has 1 N–H and O–H groups in total. The van der Waals surface area contributed by atoms with E-state index in [1.807, 2.05) is 24.3 Å². The normalized spacial score (nSPS) is 13.9. The lowest BCUT2D eigenvalue weighted by molar-refractivity contribution is 0.0945. The van der Waals surface area contributed by atoms with E-state index in [9.17, 15) is 4.79 Å². The highest BCUT2D eigenvalue weighted by Gasteiger charge is 2.22. The number of hydrogen-bond acceptors (Lipinski definition) is 3. The SMILES string of the molecule is CC(C)(CNC(=O)c1ccc2c(c1)OCCCO2)c1cccc(Cl)c1. The van der Waals surface area contributed by atoms with Crippen molar-refractivity contribution in [3.05, 3.63) is 58.6 Å². The quantitative estimate of drug-likeness (QED) is 0.889. The zero-order chi connectivity index (χ0) is 17.9. The number of hydrogen-bond donors (Lipinski definition) is 1.